The van der Waals surface area contributed by atoms with Gasteiger partial charge in [0.2, 0.25) is 0 Å². The first-order valence-electron chi connectivity index (χ1n) is 5.72. The van der Waals surface area contributed by atoms with Gasteiger partial charge in [0.05, 0.1) is 5.69 Å². The average molecular weight is 237 g/mol. The zero-order valence-corrected chi connectivity index (χ0v) is 10.8. The number of piperazine rings is 1. The van der Waals surface area contributed by atoms with Gasteiger partial charge in [-0.2, -0.15) is 0 Å². The highest BCUT2D eigenvalue weighted by molar-refractivity contribution is 7.13. The normalized spacial score (nSPS) is 22.4. The largest absolute Gasteiger partial charge is 0.343 e. The van der Waals surface area contributed by atoms with E-state index in [1.165, 1.54) is 5.13 Å². The van der Waals surface area contributed by atoms with Crippen molar-refractivity contribution in [3.8, 4) is 0 Å². The van der Waals surface area contributed by atoms with Crippen molar-refractivity contribution in [2.24, 2.45) is 0 Å². The predicted molar refractivity (Wildman–Crippen MR) is 70.3 cm³/mol. The molecule has 0 aliphatic carbocycles. The molecule has 4 heteroatoms. The van der Waals surface area contributed by atoms with Gasteiger partial charge in [0, 0.05) is 37.6 Å². The molecule has 1 aliphatic rings. The van der Waals surface area contributed by atoms with Crippen molar-refractivity contribution in [2.45, 2.75) is 19.9 Å². The van der Waals surface area contributed by atoms with Crippen LogP contribution in [0.5, 0.6) is 0 Å². The Labute approximate surface area is 101 Å². The van der Waals surface area contributed by atoms with Crippen LogP contribution < -0.4 is 4.90 Å². The molecule has 16 heavy (non-hydrogen) atoms. The SMILES string of the molecule is C=CCN1CCN(c2nc(C)cs2)C(C)C1. The third-order valence-corrected chi connectivity index (χ3v) is 3.95. The maximum absolute atomic E-state index is 4.56. The van der Waals surface area contributed by atoms with Crippen LogP contribution in [0.3, 0.4) is 0 Å². The summed E-state index contributed by atoms with van der Waals surface area (Å²) in [4.78, 5) is 9.41. The molecule has 1 aliphatic heterocycles. The summed E-state index contributed by atoms with van der Waals surface area (Å²) >= 11 is 1.75. The molecule has 1 fully saturated rings. The summed E-state index contributed by atoms with van der Waals surface area (Å²) in [6.07, 6.45) is 1.98. The Balaban J connectivity index is 2.01. The van der Waals surface area contributed by atoms with E-state index in [1.807, 2.05) is 6.08 Å². The summed E-state index contributed by atoms with van der Waals surface area (Å²) in [6.45, 7) is 12.4. The highest BCUT2D eigenvalue weighted by Crippen LogP contribution is 2.24. The fraction of sp³-hybridized carbons (Fsp3) is 0.583. The highest BCUT2D eigenvalue weighted by Gasteiger charge is 2.24. The molecular formula is C12H19N3S. The van der Waals surface area contributed by atoms with Crippen molar-refractivity contribution >= 4 is 16.5 Å². The maximum Gasteiger partial charge on any atom is 0.185 e. The van der Waals surface area contributed by atoms with E-state index in [0.717, 1.165) is 31.9 Å². The summed E-state index contributed by atoms with van der Waals surface area (Å²) in [5, 5.41) is 3.29. The topological polar surface area (TPSA) is 19.4 Å². The lowest BCUT2D eigenvalue weighted by Crippen LogP contribution is -2.51. The first-order valence-corrected chi connectivity index (χ1v) is 6.60. The first-order chi connectivity index (χ1) is 7.70. The minimum atomic E-state index is 0.541. The zero-order valence-electron chi connectivity index (χ0n) is 10.0. The second kappa shape index (κ2) is 4.97. The Morgan fingerprint density at radius 3 is 3.00 bits per heavy atom. The van der Waals surface area contributed by atoms with Crippen LogP contribution in [0, 0.1) is 6.92 Å². The van der Waals surface area contributed by atoms with Crippen LogP contribution in [0.4, 0.5) is 5.13 Å². The number of anilines is 1. The molecule has 1 aromatic heterocycles. The monoisotopic (exact) mass is 237 g/mol. The van der Waals surface area contributed by atoms with Gasteiger partial charge in [-0.25, -0.2) is 4.98 Å². The molecule has 2 heterocycles. The lowest BCUT2D eigenvalue weighted by Gasteiger charge is -2.39. The smallest absolute Gasteiger partial charge is 0.185 e. The standard InChI is InChI=1S/C12H19N3S/c1-4-5-14-6-7-15(11(3)8-14)12-13-10(2)9-16-12/h4,9,11H,1,5-8H2,2-3H3. The van der Waals surface area contributed by atoms with E-state index in [0.29, 0.717) is 6.04 Å². The van der Waals surface area contributed by atoms with E-state index < -0.39 is 0 Å². The third kappa shape index (κ3) is 2.44. The van der Waals surface area contributed by atoms with E-state index in [-0.39, 0.29) is 0 Å². The molecule has 0 aromatic carbocycles. The number of rotatable bonds is 3. The van der Waals surface area contributed by atoms with Crippen molar-refractivity contribution in [1.82, 2.24) is 9.88 Å². The quantitative estimate of drug-likeness (QED) is 0.751. The van der Waals surface area contributed by atoms with E-state index in [9.17, 15) is 0 Å². The Morgan fingerprint density at radius 2 is 2.44 bits per heavy atom. The first kappa shape index (κ1) is 11.6. The summed E-state index contributed by atoms with van der Waals surface area (Å²) in [6, 6.07) is 0.541. The fourth-order valence-corrected chi connectivity index (χ4v) is 3.07. The van der Waals surface area contributed by atoms with E-state index in [4.69, 9.17) is 0 Å². The Kier molecular flexibility index (Phi) is 3.61. The van der Waals surface area contributed by atoms with Gasteiger partial charge < -0.3 is 4.90 Å². The molecule has 1 aromatic rings. The van der Waals surface area contributed by atoms with Gasteiger partial charge in [-0.05, 0) is 13.8 Å². The van der Waals surface area contributed by atoms with Crippen molar-refractivity contribution < 1.29 is 0 Å². The van der Waals surface area contributed by atoms with Crippen LogP contribution in [0.1, 0.15) is 12.6 Å². The average Bonchev–Trinajstić information content (AvgIpc) is 2.65. The van der Waals surface area contributed by atoms with Gasteiger partial charge >= 0.3 is 0 Å². The van der Waals surface area contributed by atoms with Gasteiger partial charge in [0.15, 0.2) is 5.13 Å². The summed E-state index contributed by atoms with van der Waals surface area (Å²) in [5.74, 6) is 0. The van der Waals surface area contributed by atoms with Crippen LogP contribution in [0.2, 0.25) is 0 Å². The Hall–Kier alpha value is -0.870. The molecule has 0 saturated carbocycles. The number of thiazole rings is 1. The number of nitrogens with zero attached hydrogens (tertiary/aromatic N) is 3. The molecule has 0 spiro atoms. The molecule has 1 unspecified atom stereocenters. The molecule has 0 bridgehead atoms. The molecule has 0 radical (unpaired) electrons. The van der Waals surface area contributed by atoms with Crippen LogP contribution in [0.15, 0.2) is 18.0 Å². The van der Waals surface area contributed by atoms with Crippen molar-refractivity contribution in [2.75, 3.05) is 31.1 Å². The molecule has 0 amide bonds. The van der Waals surface area contributed by atoms with Crippen LogP contribution in [-0.4, -0.2) is 42.1 Å². The van der Waals surface area contributed by atoms with Crippen LogP contribution >= 0.6 is 11.3 Å². The van der Waals surface area contributed by atoms with E-state index in [1.54, 1.807) is 11.3 Å². The molecule has 1 saturated heterocycles. The van der Waals surface area contributed by atoms with Gasteiger partial charge in [-0.3, -0.25) is 4.90 Å². The number of hydrogen-bond donors (Lipinski definition) is 0. The molecule has 2 rings (SSSR count). The number of aromatic nitrogens is 1. The second-order valence-electron chi connectivity index (χ2n) is 4.36. The van der Waals surface area contributed by atoms with Gasteiger partial charge in [-0.1, -0.05) is 6.08 Å². The Bertz CT molecular complexity index is 361. The Morgan fingerprint density at radius 1 is 1.62 bits per heavy atom. The van der Waals surface area contributed by atoms with Crippen LogP contribution in [0.25, 0.3) is 0 Å². The lowest BCUT2D eigenvalue weighted by atomic mass is 10.2. The fourth-order valence-electron chi connectivity index (χ4n) is 2.14. The number of aryl methyl sites for hydroxylation is 1. The van der Waals surface area contributed by atoms with Crippen LogP contribution in [-0.2, 0) is 0 Å². The molecule has 3 nitrogen and oxygen atoms in total. The number of hydrogen-bond acceptors (Lipinski definition) is 4. The molecular weight excluding hydrogens is 218 g/mol. The highest BCUT2D eigenvalue weighted by atomic mass is 32.1. The van der Waals surface area contributed by atoms with Crippen molar-refractivity contribution in [3.63, 3.8) is 0 Å². The minimum absolute atomic E-state index is 0.541. The lowest BCUT2D eigenvalue weighted by molar-refractivity contribution is 0.251. The van der Waals surface area contributed by atoms with Gasteiger partial charge in [0.25, 0.3) is 0 Å². The summed E-state index contributed by atoms with van der Waals surface area (Å²) in [7, 11) is 0. The van der Waals surface area contributed by atoms with E-state index >= 15 is 0 Å². The van der Waals surface area contributed by atoms with Crippen molar-refractivity contribution in [3.05, 3.63) is 23.7 Å². The molecule has 88 valence electrons. The predicted octanol–water partition coefficient (Wildman–Crippen LogP) is 2.15. The van der Waals surface area contributed by atoms with Crippen molar-refractivity contribution in [1.29, 1.82) is 0 Å². The van der Waals surface area contributed by atoms with Gasteiger partial charge in [-0.15, -0.1) is 17.9 Å². The zero-order chi connectivity index (χ0) is 11.5. The molecule has 0 N–H and O–H groups in total. The molecule has 1 atom stereocenters. The van der Waals surface area contributed by atoms with Gasteiger partial charge in [0.1, 0.15) is 0 Å². The van der Waals surface area contributed by atoms with E-state index in [2.05, 4.69) is 40.6 Å². The summed E-state index contributed by atoms with van der Waals surface area (Å²) in [5.41, 5.74) is 1.13. The second-order valence-corrected chi connectivity index (χ2v) is 5.20. The summed E-state index contributed by atoms with van der Waals surface area (Å²) < 4.78 is 0. The minimum Gasteiger partial charge on any atom is -0.343 e. The maximum atomic E-state index is 4.56. The third-order valence-electron chi connectivity index (χ3n) is 2.95.